The van der Waals surface area contributed by atoms with E-state index in [2.05, 4.69) is 10.3 Å². The molecule has 0 aliphatic carbocycles. The molecule has 0 bridgehead atoms. The van der Waals surface area contributed by atoms with Crippen LogP contribution in [0.5, 0.6) is 11.5 Å². The molecule has 0 saturated carbocycles. The first-order valence-electron chi connectivity index (χ1n) is 8.02. The van der Waals surface area contributed by atoms with Crippen molar-refractivity contribution in [1.29, 1.82) is 0 Å². The number of rotatable bonds is 6. The normalized spacial score (nSPS) is 10.8. The summed E-state index contributed by atoms with van der Waals surface area (Å²) >= 11 is 7.53. The van der Waals surface area contributed by atoms with Crippen LogP contribution in [0.2, 0.25) is 5.02 Å². The standard InChI is InChI=1S/C20H17ClN2O3S/c1-25-14-9-7-13(18(11-14)26-2)8-10-19(24)23-20-22-17(12-27-20)15-5-3-4-6-16(15)21/h3-12H,1-2H3,(H,22,23,24). The van der Waals surface area contributed by atoms with E-state index >= 15 is 0 Å². The number of hydrogen-bond donors (Lipinski definition) is 1. The Hall–Kier alpha value is -2.83. The Kier molecular flexibility index (Phi) is 6.11. The van der Waals surface area contributed by atoms with Crippen LogP contribution in [-0.4, -0.2) is 25.1 Å². The highest BCUT2D eigenvalue weighted by atomic mass is 35.5. The number of ether oxygens (including phenoxy) is 2. The molecule has 27 heavy (non-hydrogen) atoms. The minimum Gasteiger partial charge on any atom is -0.497 e. The van der Waals surface area contributed by atoms with Crippen molar-refractivity contribution in [3.63, 3.8) is 0 Å². The van der Waals surface area contributed by atoms with E-state index in [1.165, 1.54) is 17.4 Å². The lowest BCUT2D eigenvalue weighted by Crippen LogP contribution is -2.07. The molecule has 3 rings (SSSR count). The number of nitrogens with zero attached hydrogens (tertiary/aromatic N) is 1. The van der Waals surface area contributed by atoms with Crippen LogP contribution in [0.3, 0.4) is 0 Å². The van der Waals surface area contributed by atoms with Crippen LogP contribution in [-0.2, 0) is 4.79 Å². The zero-order valence-corrected chi connectivity index (χ0v) is 16.3. The monoisotopic (exact) mass is 400 g/mol. The highest BCUT2D eigenvalue weighted by Crippen LogP contribution is 2.30. The maximum Gasteiger partial charge on any atom is 0.250 e. The predicted octanol–water partition coefficient (Wildman–Crippen LogP) is 5.13. The molecule has 0 radical (unpaired) electrons. The summed E-state index contributed by atoms with van der Waals surface area (Å²) in [5.74, 6) is 1.02. The number of carbonyl (C=O) groups excluding carboxylic acids is 1. The van der Waals surface area contributed by atoms with Gasteiger partial charge in [0.15, 0.2) is 5.13 Å². The van der Waals surface area contributed by atoms with Crippen molar-refractivity contribution < 1.29 is 14.3 Å². The van der Waals surface area contributed by atoms with Crippen molar-refractivity contribution in [2.24, 2.45) is 0 Å². The van der Waals surface area contributed by atoms with Crippen molar-refractivity contribution in [3.8, 4) is 22.8 Å². The quantitative estimate of drug-likeness (QED) is 0.582. The van der Waals surface area contributed by atoms with Crippen LogP contribution in [0.25, 0.3) is 17.3 Å². The van der Waals surface area contributed by atoms with Gasteiger partial charge in [0, 0.05) is 33.7 Å². The van der Waals surface area contributed by atoms with Crippen LogP contribution < -0.4 is 14.8 Å². The van der Waals surface area contributed by atoms with E-state index in [4.69, 9.17) is 21.1 Å². The van der Waals surface area contributed by atoms with E-state index in [1.54, 1.807) is 38.5 Å². The number of anilines is 1. The SMILES string of the molecule is COc1ccc(C=CC(=O)Nc2nc(-c3ccccc3Cl)cs2)c(OC)c1. The Bertz CT molecular complexity index is 985. The van der Waals surface area contributed by atoms with E-state index in [-0.39, 0.29) is 5.91 Å². The molecule has 1 heterocycles. The summed E-state index contributed by atoms with van der Waals surface area (Å²) in [6.07, 6.45) is 3.11. The maximum atomic E-state index is 12.2. The minimum atomic E-state index is -0.284. The van der Waals surface area contributed by atoms with Gasteiger partial charge in [0.1, 0.15) is 11.5 Å². The molecule has 1 aromatic heterocycles. The zero-order chi connectivity index (χ0) is 19.2. The molecule has 0 fully saturated rings. The van der Waals surface area contributed by atoms with E-state index in [0.29, 0.717) is 21.7 Å². The number of amides is 1. The molecule has 7 heteroatoms. The van der Waals surface area contributed by atoms with Crippen molar-refractivity contribution in [2.45, 2.75) is 0 Å². The lowest BCUT2D eigenvalue weighted by Gasteiger charge is -2.07. The molecule has 0 aliphatic heterocycles. The van der Waals surface area contributed by atoms with Gasteiger partial charge in [-0.25, -0.2) is 4.98 Å². The van der Waals surface area contributed by atoms with Gasteiger partial charge in [-0.1, -0.05) is 29.8 Å². The van der Waals surface area contributed by atoms with E-state index in [0.717, 1.165) is 16.8 Å². The summed E-state index contributed by atoms with van der Waals surface area (Å²) in [5.41, 5.74) is 2.32. The number of thiazole rings is 1. The molecule has 0 spiro atoms. The molecule has 1 N–H and O–H groups in total. The fourth-order valence-electron chi connectivity index (χ4n) is 2.39. The summed E-state index contributed by atoms with van der Waals surface area (Å²) in [6.45, 7) is 0. The first-order chi connectivity index (χ1) is 13.1. The molecule has 0 aliphatic rings. The number of hydrogen-bond acceptors (Lipinski definition) is 5. The first kappa shape index (κ1) is 18.9. The van der Waals surface area contributed by atoms with E-state index in [9.17, 15) is 4.79 Å². The van der Waals surface area contributed by atoms with Gasteiger partial charge in [-0.3, -0.25) is 10.1 Å². The molecule has 3 aromatic rings. The fraction of sp³-hybridized carbons (Fsp3) is 0.100. The first-order valence-corrected chi connectivity index (χ1v) is 9.28. The van der Waals surface area contributed by atoms with Crippen LogP contribution in [0, 0.1) is 0 Å². The fourth-order valence-corrected chi connectivity index (χ4v) is 3.34. The maximum absolute atomic E-state index is 12.2. The predicted molar refractivity (Wildman–Crippen MR) is 110 cm³/mol. The Morgan fingerprint density at radius 3 is 2.74 bits per heavy atom. The second-order valence-electron chi connectivity index (χ2n) is 5.45. The number of halogens is 1. The lowest BCUT2D eigenvalue weighted by atomic mass is 10.1. The van der Waals surface area contributed by atoms with Crippen LogP contribution in [0.15, 0.2) is 53.9 Å². The van der Waals surface area contributed by atoms with Gasteiger partial charge >= 0.3 is 0 Å². The van der Waals surface area contributed by atoms with Gasteiger partial charge in [-0.15, -0.1) is 11.3 Å². The number of methoxy groups -OCH3 is 2. The van der Waals surface area contributed by atoms with E-state index in [1.807, 2.05) is 29.6 Å². The second-order valence-corrected chi connectivity index (χ2v) is 6.71. The minimum absolute atomic E-state index is 0.284. The lowest BCUT2D eigenvalue weighted by molar-refractivity contribution is -0.111. The summed E-state index contributed by atoms with van der Waals surface area (Å²) < 4.78 is 10.5. The average Bonchev–Trinajstić information content (AvgIpc) is 3.14. The molecular formula is C20H17ClN2O3S. The van der Waals surface area contributed by atoms with Gasteiger partial charge in [0.25, 0.3) is 0 Å². The summed E-state index contributed by atoms with van der Waals surface area (Å²) in [6, 6.07) is 12.8. The molecular weight excluding hydrogens is 384 g/mol. The third-order valence-corrected chi connectivity index (χ3v) is 4.83. The smallest absolute Gasteiger partial charge is 0.250 e. The summed E-state index contributed by atoms with van der Waals surface area (Å²) in [7, 11) is 3.15. The molecule has 138 valence electrons. The van der Waals surface area contributed by atoms with Crippen molar-refractivity contribution in [3.05, 3.63) is 64.5 Å². The zero-order valence-electron chi connectivity index (χ0n) is 14.7. The van der Waals surface area contributed by atoms with Crippen molar-refractivity contribution >= 4 is 40.1 Å². The molecule has 0 atom stereocenters. The molecule has 1 amide bonds. The van der Waals surface area contributed by atoms with E-state index < -0.39 is 0 Å². The van der Waals surface area contributed by atoms with Crippen molar-refractivity contribution in [2.75, 3.05) is 19.5 Å². The molecule has 0 unspecified atom stereocenters. The Labute approximate surface area is 166 Å². The summed E-state index contributed by atoms with van der Waals surface area (Å²) in [4.78, 5) is 16.6. The van der Waals surface area contributed by atoms with Crippen LogP contribution in [0.1, 0.15) is 5.56 Å². The number of carbonyl (C=O) groups is 1. The van der Waals surface area contributed by atoms with Crippen LogP contribution >= 0.6 is 22.9 Å². The van der Waals surface area contributed by atoms with Gasteiger partial charge in [-0.05, 0) is 24.3 Å². The van der Waals surface area contributed by atoms with Crippen LogP contribution in [0.4, 0.5) is 5.13 Å². The second kappa shape index (κ2) is 8.70. The third kappa shape index (κ3) is 4.67. The molecule has 2 aromatic carbocycles. The van der Waals surface area contributed by atoms with Gasteiger partial charge in [-0.2, -0.15) is 0 Å². The average molecular weight is 401 g/mol. The number of benzene rings is 2. The highest BCUT2D eigenvalue weighted by molar-refractivity contribution is 7.14. The molecule has 0 saturated heterocycles. The van der Waals surface area contributed by atoms with Gasteiger partial charge < -0.3 is 9.47 Å². The number of aromatic nitrogens is 1. The van der Waals surface area contributed by atoms with Gasteiger partial charge in [0.05, 0.1) is 19.9 Å². The topological polar surface area (TPSA) is 60.5 Å². The Morgan fingerprint density at radius 2 is 2.00 bits per heavy atom. The largest absolute Gasteiger partial charge is 0.497 e. The van der Waals surface area contributed by atoms with Gasteiger partial charge in [0.2, 0.25) is 5.91 Å². The number of nitrogens with one attached hydrogen (secondary N) is 1. The Morgan fingerprint density at radius 1 is 1.19 bits per heavy atom. The molecule has 5 nitrogen and oxygen atoms in total. The van der Waals surface area contributed by atoms with Crippen molar-refractivity contribution in [1.82, 2.24) is 4.98 Å². The summed E-state index contributed by atoms with van der Waals surface area (Å²) in [5, 5.41) is 5.73. The highest BCUT2D eigenvalue weighted by Gasteiger charge is 2.09. The third-order valence-electron chi connectivity index (χ3n) is 3.74. The Balaban J connectivity index is 1.70.